The van der Waals surface area contributed by atoms with Crippen LogP contribution >= 0.6 is 11.3 Å². The second kappa shape index (κ2) is 3.67. The lowest BCUT2D eigenvalue weighted by molar-refractivity contribution is 0.112. The quantitative estimate of drug-likeness (QED) is 0.709. The Hall–Kier alpha value is -1.55. The zero-order chi connectivity index (χ0) is 9.97. The van der Waals surface area contributed by atoms with Crippen LogP contribution in [0.3, 0.4) is 0 Å². The van der Waals surface area contributed by atoms with Crippen LogP contribution < -0.4 is 0 Å². The van der Waals surface area contributed by atoms with Crippen molar-refractivity contribution in [3.8, 4) is 10.4 Å². The molecule has 2 nitrogen and oxygen atoms in total. The average molecular weight is 207 g/mol. The Morgan fingerprint density at radius 2 is 2.21 bits per heavy atom. The largest absolute Gasteiger partial charge is 0.297 e. The molecule has 14 heavy (non-hydrogen) atoms. The second-order valence-electron chi connectivity index (χ2n) is 2.71. The van der Waals surface area contributed by atoms with Crippen LogP contribution in [0.4, 0.5) is 4.39 Å². The molecule has 0 aromatic carbocycles. The van der Waals surface area contributed by atoms with Gasteiger partial charge in [-0.1, -0.05) is 0 Å². The molecular weight excluding hydrogens is 201 g/mol. The third-order valence-electron chi connectivity index (χ3n) is 1.73. The summed E-state index contributed by atoms with van der Waals surface area (Å²) in [6.07, 6.45) is 3.50. The van der Waals surface area contributed by atoms with Crippen LogP contribution in [0, 0.1) is 5.82 Å². The summed E-state index contributed by atoms with van der Waals surface area (Å²) in [5.74, 6) is -0.372. The maximum absolute atomic E-state index is 12.8. The summed E-state index contributed by atoms with van der Waals surface area (Å²) in [6.45, 7) is 0. The molecule has 0 atom stereocenters. The van der Waals surface area contributed by atoms with E-state index in [4.69, 9.17) is 0 Å². The van der Waals surface area contributed by atoms with Crippen LogP contribution in [0.15, 0.2) is 30.6 Å². The Morgan fingerprint density at radius 1 is 1.36 bits per heavy atom. The van der Waals surface area contributed by atoms with Crippen molar-refractivity contribution >= 4 is 17.6 Å². The van der Waals surface area contributed by atoms with Crippen molar-refractivity contribution in [2.75, 3.05) is 0 Å². The molecule has 2 heterocycles. The number of aldehydes is 1. The van der Waals surface area contributed by atoms with Gasteiger partial charge in [0.15, 0.2) is 6.29 Å². The van der Waals surface area contributed by atoms with Crippen molar-refractivity contribution in [2.45, 2.75) is 0 Å². The van der Waals surface area contributed by atoms with Crippen LogP contribution in [0.2, 0.25) is 0 Å². The first-order valence-electron chi connectivity index (χ1n) is 3.95. The highest BCUT2D eigenvalue weighted by Gasteiger charge is 2.03. The maximum Gasteiger partial charge on any atom is 0.160 e. The standard InChI is InChI=1S/C10H6FNOS/c11-8-3-7(4-12-5-8)10-2-1-9(6-13)14-10/h1-6H. The smallest absolute Gasteiger partial charge is 0.160 e. The lowest BCUT2D eigenvalue weighted by atomic mass is 10.2. The minimum absolute atomic E-state index is 0.372. The molecule has 0 unspecified atom stereocenters. The van der Waals surface area contributed by atoms with Gasteiger partial charge in [-0.05, 0) is 18.2 Å². The molecule has 2 aromatic rings. The van der Waals surface area contributed by atoms with Gasteiger partial charge in [-0.25, -0.2) is 4.39 Å². The van der Waals surface area contributed by atoms with E-state index in [1.807, 2.05) is 0 Å². The monoisotopic (exact) mass is 207 g/mol. The van der Waals surface area contributed by atoms with E-state index in [1.54, 1.807) is 18.3 Å². The number of aromatic nitrogens is 1. The minimum Gasteiger partial charge on any atom is -0.297 e. The molecular formula is C10H6FNOS. The van der Waals surface area contributed by atoms with Gasteiger partial charge < -0.3 is 0 Å². The molecule has 2 aromatic heterocycles. The van der Waals surface area contributed by atoms with E-state index >= 15 is 0 Å². The first kappa shape index (κ1) is 9.02. The molecule has 0 fully saturated rings. The summed E-state index contributed by atoms with van der Waals surface area (Å²) in [5, 5.41) is 0. The number of thiophene rings is 1. The molecule has 0 saturated heterocycles. The Labute approximate surface area is 84.0 Å². The first-order chi connectivity index (χ1) is 6.79. The predicted molar refractivity (Wildman–Crippen MR) is 52.9 cm³/mol. The molecule has 70 valence electrons. The molecule has 0 N–H and O–H groups in total. The van der Waals surface area contributed by atoms with Crippen molar-refractivity contribution in [1.82, 2.24) is 4.98 Å². The molecule has 0 spiro atoms. The molecule has 0 aliphatic heterocycles. The van der Waals surface area contributed by atoms with E-state index in [0.29, 0.717) is 10.4 Å². The molecule has 0 amide bonds. The second-order valence-corrected chi connectivity index (χ2v) is 3.83. The van der Waals surface area contributed by atoms with Crippen molar-refractivity contribution in [3.05, 3.63) is 41.3 Å². The summed E-state index contributed by atoms with van der Waals surface area (Å²) in [6, 6.07) is 4.89. The number of carbonyl (C=O) groups excluding carboxylic acids is 1. The SMILES string of the molecule is O=Cc1ccc(-c2cncc(F)c2)s1. The van der Waals surface area contributed by atoms with Gasteiger partial charge in [0.05, 0.1) is 11.1 Å². The zero-order valence-corrected chi connectivity index (χ0v) is 7.92. The van der Waals surface area contributed by atoms with E-state index < -0.39 is 0 Å². The average Bonchev–Trinajstić information content (AvgIpc) is 2.66. The van der Waals surface area contributed by atoms with E-state index in [1.165, 1.54) is 17.4 Å². The van der Waals surface area contributed by atoms with E-state index in [2.05, 4.69) is 4.98 Å². The maximum atomic E-state index is 12.8. The highest BCUT2D eigenvalue weighted by molar-refractivity contribution is 7.17. The fourth-order valence-electron chi connectivity index (χ4n) is 1.12. The molecule has 0 bridgehead atoms. The Balaban J connectivity index is 2.43. The van der Waals surface area contributed by atoms with Crippen molar-refractivity contribution < 1.29 is 9.18 Å². The first-order valence-corrected chi connectivity index (χ1v) is 4.77. The fraction of sp³-hybridized carbons (Fsp3) is 0. The van der Waals surface area contributed by atoms with Crippen LogP contribution in [0.1, 0.15) is 9.67 Å². The lowest BCUT2D eigenvalue weighted by Gasteiger charge is -1.94. The highest BCUT2D eigenvalue weighted by Crippen LogP contribution is 2.26. The van der Waals surface area contributed by atoms with E-state index in [0.717, 1.165) is 17.4 Å². The lowest BCUT2D eigenvalue weighted by Crippen LogP contribution is -1.79. The highest BCUT2D eigenvalue weighted by atomic mass is 32.1. The zero-order valence-electron chi connectivity index (χ0n) is 7.11. The number of hydrogen-bond donors (Lipinski definition) is 0. The molecule has 0 aliphatic carbocycles. The fourth-order valence-corrected chi connectivity index (χ4v) is 1.92. The Bertz CT molecular complexity index is 467. The van der Waals surface area contributed by atoms with Crippen LogP contribution in [0.5, 0.6) is 0 Å². The summed E-state index contributed by atoms with van der Waals surface area (Å²) >= 11 is 1.32. The molecule has 0 radical (unpaired) electrons. The van der Waals surface area contributed by atoms with Crippen molar-refractivity contribution in [3.63, 3.8) is 0 Å². The Morgan fingerprint density at radius 3 is 2.86 bits per heavy atom. The third-order valence-corrected chi connectivity index (χ3v) is 2.79. The normalized spacial score (nSPS) is 10.1. The number of nitrogens with zero attached hydrogens (tertiary/aromatic N) is 1. The number of pyridine rings is 1. The summed E-state index contributed by atoms with van der Waals surface area (Å²) in [4.78, 5) is 15.7. The summed E-state index contributed by atoms with van der Waals surface area (Å²) in [7, 11) is 0. The van der Waals surface area contributed by atoms with Gasteiger partial charge in [0.2, 0.25) is 0 Å². The predicted octanol–water partition coefficient (Wildman–Crippen LogP) is 2.76. The van der Waals surface area contributed by atoms with Crippen LogP contribution in [0.25, 0.3) is 10.4 Å². The van der Waals surface area contributed by atoms with Gasteiger partial charge >= 0.3 is 0 Å². The van der Waals surface area contributed by atoms with Gasteiger partial charge in [0.1, 0.15) is 5.82 Å². The van der Waals surface area contributed by atoms with E-state index in [9.17, 15) is 9.18 Å². The van der Waals surface area contributed by atoms with Crippen LogP contribution in [-0.4, -0.2) is 11.3 Å². The summed E-state index contributed by atoms with van der Waals surface area (Å²) in [5.41, 5.74) is 0.697. The number of carbonyl (C=O) groups is 1. The molecule has 4 heteroatoms. The third kappa shape index (κ3) is 1.70. The van der Waals surface area contributed by atoms with Gasteiger partial charge in [-0.3, -0.25) is 9.78 Å². The van der Waals surface area contributed by atoms with Gasteiger partial charge in [-0.2, -0.15) is 0 Å². The van der Waals surface area contributed by atoms with Gasteiger partial charge in [-0.15, -0.1) is 11.3 Å². The van der Waals surface area contributed by atoms with Crippen molar-refractivity contribution in [2.24, 2.45) is 0 Å². The molecule has 2 rings (SSSR count). The topological polar surface area (TPSA) is 30.0 Å². The van der Waals surface area contributed by atoms with Gasteiger partial charge in [0.25, 0.3) is 0 Å². The molecule has 0 aliphatic rings. The number of hydrogen-bond acceptors (Lipinski definition) is 3. The Kier molecular flexibility index (Phi) is 2.37. The number of halogens is 1. The number of rotatable bonds is 2. The minimum atomic E-state index is -0.372. The van der Waals surface area contributed by atoms with Gasteiger partial charge in [0, 0.05) is 16.6 Å². The van der Waals surface area contributed by atoms with Crippen molar-refractivity contribution in [1.29, 1.82) is 0 Å². The van der Waals surface area contributed by atoms with Crippen LogP contribution in [-0.2, 0) is 0 Å². The molecule has 0 saturated carbocycles. The summed E-state index contributed by atoms with van der Waals surface area (Å²) < 4.78 is 12.8. The van der Waals surface area contributed by atoms with E-state index in [-0.39, 0.29) is 5.82 Å².